The van der Waals surface area contributed by atoms with E-state index in [2.05, 4.69) is 25.5 Å². The molecule has 0 atom stereocenters. The molecule has 0 unspecified atom stereocenters. The molecule has 2 heterocycles. The van der Waals surface area contributed by atoms with Crippen LogP contribution in [0.3, 0.4) is 0 Å². The van der Waals surface area contributed by atoms with Crippen LogP contribution in [0.15, 0.2) is 58.6 Å². The topological polar surface area (TPSA) is 120 Å². The van der Waals surface area contributed by atoms with Crippen molar-refractivity contribution in [2.75, 3.05) is 17.7 Å². The van der Waals surface area contributed by atoms with E-state index in [0.717, 1.165) is 22.5 Å². The first-order valence-electron chi connectivity index (χ1n) is 9.40. The van der Waals surface area contributed by atoms with E-state index >= 15 is 0 Å². The molecular weight excluding hydrogens is 432 g/mol. The first-order valence-corrected chi connectivity index (χ1v) is 11.2. The predicted molar refractivity (Wildman–Crippen MR) is 123 cm³/mol. The number of thioether (sulfide) groups is 1. The number of H-pyrrole nitrogens is 1. The molecule has 2 aromatic heterocycles. The normalized spacial score (nSPS) is 11.7. The number of allylic oxidation sites excluding steroid dienone is 1. The number of aromatic amines is 1. The standard InChI is InChI=1S/C21H18N6O2S2/c1-2-29-18-10-6-5-9-16(18)25-20-26-27-21(31-20)30-12-17(28)13(11-22)19-23-14-7-3-4-8-15(14)24-19/h3-10,28H,2,12H2,1H3,(H,23,24)(H,25,26). The Morgan fingerprint density at radius 3 is 2.84 bits per heavy atom. The van der Waals surface area contributed by atoms with Gasteiger partial charge in [-0.15, -0.1) is 10.2 Å². The van der Waals surface area contributed by atoms with Crippen LogP contribution in [0.2, 0.25) is 0 Å². The third-order valence-corrected chi connectivity index (χ3v) is 6.18. The Bertz CT molecular complexity index is 1240. The van der Waals surface area contributed by atoms with Gasteiger partial charge in [0.2, 0.25) is 5.13 Å². The molecule has 0 aliphatic carbocycles. The summed E-state index contributed by atoms with van der Waals surface area (Å²) in [6.45, 7) is 2.49. The van der Waals surface area contributed by atoms with E-state index in [1.54, 1.807) is 0 Å². The van der Waals surface area contributed by atoms with Gasteiger partial charge in [-0.3, -0.25) is 0 Å². The van der Waals surface area contributed by atoms with Gasteiger partial charge in [0.25, 0.3) is 0 Å². The molecule has 0 bridgehead atoms. The van der Waals surface area contributed by atoms with E-state index in [-0.39, 0.29) is 17.1 Å². The highest BCUT2D eigenvalue weighted by atomic mass is 32.2. The van der Waals surface area contributed by atoms with Gasteiger partial charge in [-0.25, -0.2) is 4.98 Å². The molecule has 31 heavy (non-hydrogen) atoms. The average molecular weight is 451 g/mol. The second-order valence-electron chi connectivity index (χ2n) is 6.25. The molecule has 0 amide bonds. The molecule has 0 saturated heterocycles. The SMILES string of the molecule is CCOc1ccccc1Nc1nnc(SCC(O)=C(C#N)c2nc3ccccc3[nH]2)s1. The smallest absolute Gasteiger partial charge is 0.210 e. The van der Waals surface area contributed by atoms with Crippen LogP contribution < -0.4 is 10.1 Å². The van der Waals surface area contributed by atoms with Crippen LogP contribution in [0, 0.1) is 11.3 Å². The first-order chi connectivity index (χ1) is 15.2. The number of hydrogen-bond donors (Lipinski definition) is 3. The Morgan fingerprint density at radius 2 is 2.03 bits per heavy atom. The van der Waals surface area contributed by atoms with Crippen molar-refractivity contribution >= 4 is 50.5 Å². The number of imidazole rings is 1. The zero-order valence-corrected chi connectivity index (χ0v) is 18.1. The maximum absolute atomic E-state index is 10.5. The van der Waals surface area contributed by atoms with Crippen LogP contribution >= 0.6 is 23.1 Å². The number of aliphatic hydroxyl groups is 1. The zero-order valence-electron chi connectivity index (χ0n) is 16.5. The summed E-state index contributed by atoms with van der Waals surface area (Å²) in [5.74, 6) is 1.18. The molecule has 0 aliphatic rings. The van der Waals surface area contributed by atoms with Gasteiger partial charge in [0.1, 0.15) is 23.2 Å². The first kappa shape index (κ1) is 20.7. The maximum Gasteiger partial charge on any atom is 0.210 e. The van der Waals surface area contributed by atoms with Gasteiger partial charge in [-0.2, -0.15) is 5.26 Å². The van der Waals surface area contributed by atoms with E-state index < -0.39 is 0 Å². The number of aromatic nitrogens is 4. The summed E-state index contributed by atoms with van der Waals surface area (Å²) in [5.41, 5.74) is 2.45. The van der Waals surface area contributed by atoms with E-state index in [9.17, 15) is 10.4 Å². The summed E-state index contributed by atoms with van der Waals surface area (Å²) < 4.78 is 6.26. The molecule has 0 fully saturated rings. The second-order valence-corrected chi connectivity index (χ2v) is 8.45. The fourth-order valence-corrected chi connectivity index (χ4v) is 4.45. The fourth-order valence-electron chi connectivity index (χ4n) is 2.81. The van der Waals surface area contributed by atoms with E-state index in [0.29, 0.717) is 21.9 Å². The Balaban J connectivity index is 1.45. The molecule has 156 valence electrons. The number of anilines is 2. The molecule has 3 N–H and O–H groups in total. The minimum atomic E-state index is -0.0713. The number of nitrogens with zero attached hydrogens (tertiary/aromatic N) is 4. The lowest BCUT2D eigenvalue weighted by atomic mass is 10.2. The summed E-state index contributed by atoms with van der Waals surface area (Å²) in [6.07, 6.45) is 0. The molecule has 4 aromatic rings. The Labute approximate surface area is 186 Å². The highest BCUT2D eigenvalue weighted by Gasteiger charge is 2.15. The number of nitriles is 1. The van der Waals surface area contributed by atoms with Crippen molar-refractivity contribution in [1.82, 2.24) is 20.2 Å². The number of hydrogen-bond acceptors (Lipinski definition) is 9. The number of rotatable bonds is 8. The Morgan fingerprint density at radius 1 is 1.23 bits per heavy atom. The quantitative estimate of drug-likeness (QED) is 0.192. The summed E-state index contributed by atoms with van der Waals surface area (Å²) in [6, 6.07) is 17.1. The number of fused-ring (bicyclic) bond motifs is 1. The minimum absolute atomic E-state index is 0.0713. The highest BCUT2D eigenvalue weighted by molar-refractivity contribution is 8.01. The summed E-state index contributed by atoms with van der Waals surface area (Å²) in [4.78, 5) is 7.45. The van der Waals surface area contributed by atoms with Crippen molar-refractivity contribution in [1.29, 1.82) is 5.26 Å². The second kappa shape index (κ2) is 9.51. The summed E-state index contributed by atoms with van der Waals surface area (Å²) in [7, 11) is 0. The molecule has 0 spiro atoms. The molecule has 4 rings (SSSR count). The molecule has 0 saturated carbocycles. The van der Waals surface area contributed by atoms with Gasteiger partial charge < -0.3 is 20.1 Å². The lowest BCUT2D eigenvalue weighted by Crippen LogP contribution is -1.97. The summed E-state index contributed by atoms with van der Waals surface area (Å²) >= 11 is 2.64. The molecule has 0 aliphatic heterocycles. The summed E-state index contributed by atoms with van der Waals surface area (Å²) in [5, 5.41) is 32.1. The van der Waals surface area contributed by atoms with Crippen LogP contribution in [0.5, 0.6) is 5.75 Å². The number of benzene rings is 2. The van der Waals surface area contributed by atoms with Gasteiger partial charge >= 0.3 is 0 Å². The molecule has 8 nitrogen and oxygen atoms in total. The lowest BCUT2D eigenvalue weighted by molar-refractivity contribution is 0.342. The van der Waals surface area contributed by atoms with Gasteiger partial charge in [0.15, 0.2) is 10.2 Å². The molecule has 2 aromatic carbocycles. The van der Waals surface area contributed by atoms with Crippen molar-refractivity contribution in [2.24, 2.45) is 0 Å². The van der Waals surface area contributed by atoms with Crippen LogP contribution in [0.4, 0.5) is 10.8 Å². The largest absolute Gasteiger partial charge is 0.510 e. The molecule has 10 heteroatoms. The van der Waals surface area contributed by atoms with Crippen molar-refractivity contribution in [3.8, 4) is 11.8 Å². The number of ether oxygens (including phenoxy) is 1. The Kier molecular flexibility index (Phi) is 6.35. The highest BCUT2D eigenvalue weighted by Crippen LogP contribution is 2.32. The third kappa shape index (κ3) is 4.79. The van der Waals surface area contributed by atoms with Crippen molar-refractivity contribution in [3.05, 3.63) is 60.1 Å². The lowest BCUT2D eigenvalue weighted by Gasteiger charge is -2.09. The van der Waals surface area contributed by atoms with E-state index in [1.807, 2.05) is 61.5 Å². The van der Waals surface area contributed by atoms with Crippen LogP contribution in [-0.2, 0) is 0 Å². The minimum Gasteiger partial charge on any atom is -0.510 e. The van der Waals surface area contributed by atoms with Crippen LogP contribution in [0.1, 0.15) is 12.7 Å². The van der Waals surface area contributed by atoms with Gasteiger partial charge in [-0.1, -0.05) is 47.4 Å². The maximum atomic E-state index is 10.5. The van der Waals surface area contributed by atoms with Gasteiger partial charge in [-0.05, 0) is 31.2 Å². The van der Waals surface area contributed by atoms with Crippen LogP contribution in [-0.4, -0.2) is 37.6 Å². The fraction of sp³-hybridized carbons (Fsp3) is 0.143. The number of para-hydroxylation sites is 4. The van der Waals surface area contributed by atoms with Crippen molar-refractivity contribution < 1.29 is 9.84 Å². The number of nitrogens with one attached hydrogen (secondary N) is 2. The third-order valence-electron chi connectivity index (χ3n) is 4.19. The molecule has 0 radical (unpaired) electrons. The predicted octanol–water partition coefficient (Wildman–Crippen LogP) is 5.14. The average Bonchev–Trinajstić information content (AvgIpc) is 3.41. The monoisotopic (exact) mass is 450 g/mol. The van der Waals surface area contributed by atoms with Crippen molar-refractivity contribution in [2.45, 2.75) is 11.3 Å². The van der Waals surface area contributed by atoms with E-state index in [4.69, 9.17) is 4.74 Å². The zero-order chi connectivity index (χ0) is 21.6. The Hall–Kier alpha value is -3.55. The van der Waals surface area contributed by atoms with E-state index in [1.165, 1.54) is 23.1 Å². The van der Waals surface area contributed by atoms with Gasteiger partial charge in [0.05, 0.1) is 29.1 Å². The van der Waals surface area contributed by atoms with Crippen LogP contribution in [0.25, 0.3) is 16.6 Å². The number of aliphatic hydroxyl groups excluding tert-OH is 1. The van der Waals surface area contributed by atoms with Gasteiger partial charge in [0, 0.05) is 0 Å². The molecular formula is C21H18N6O2S2. The van der Waals surface area contributed by atoms with Crippen molar-refractivity contribution in [3.63, 3.8) is 0 Å².